The van der Waals surface area contributed by atoms with Crippen LogP contribution in [-0.2, 0) is 13.7 Å². The number of hydrogen-bond acceptors (Lipinski definition) is 5. The van der Waals surface area contributed by atoms with E-state index in [1.807, 2.05) is 18.2 Å². The third kappa shape index (κ3) is 4.08. The van der Waals surface area contributed by atoms with E-state index in [4.69, 9.17) is 3.63 Å². The van der Waals surface area contributed by atoms with Crippen molar-refractivity contribution in [1.29, 1.82) is 0 Å². The molecule has 0 aromatic heterocycles. The largest absolute Gasteiger partial charge is 0.432 e. The molecule has 4 bridgehead atoms. The van der Waals surface area contributed by atoms with Crippen LogP contribution < -0.4 is 0 Å². The average molecular weight is 615 g/mol. The van der Waals surface area contributed by atoms with Crippen LogP contribution in [0.15, 0.2) is 42.5 Å². The third-order valence-corrected chi connectivity index (χ3v) is 16.6. The summed E-state index contributed by atoms with van der Waals surface area (Å²) in [6, 6.07) is 12.3. The van der Waals surface area contributed by atoms with Crippen molar-refractivity contribution in [3.63, 3.8) is 0 Å². The summed E-state index contributed by atoms with van der Waals surface area (Å²) in [6.45, 7) is 0. The SMILES string of the molecule is O=C(CS1(OS(=O)(=O)C(F)(F)C(F)(F)C2CC3CC2C2C4CC(O)C(C4)C32)CCCC1)c1cccc2ccccc12. The summed E-state index contributed by atoms with van der Waals surface area (Å²) in [7, 11) is -8.98. The summed E-state index contributed by atoms with van der Waals surface area (Å²) in [5, 5.41) is 6.34. The average Bonchev–Trinajstić information content (AvgIpc) is 3.74. The van der Waals surface area contributed by atoms with Gasteiger partial charge in [0.2, 0.25) is 0 Å². The van der Waals surface area contributed by atoms with Gasteiger partial charge in [-0.25, -0.2) is 3.63 Å². The van der Waals surface area contributed by atoms with Crippen LogP contribution in [0.2, 0.25) is 0 Å². The van der Waals surface area contributed by atoms with Crippen molar-refractivity contribution in [2.75, 3.05) is 17.3 Å². The number of halogens is 4. The Morgan fingerprint density at radius 2 is 1.54 bits per heavy atom. The van der Waals surface area contributed by atoms with Gasteiger partial charge >= 0.3 is 21.3 Å². The van der Waals surface area contributed by atoms with Crippen molar-refractivity contribution in [3.8, 4) is 0 Å². The molecule has 224 valence electrons. The number of carbonyl (C=O) groups is 1. The van der Waals surface area contributed by atoms with Crippen molar-refractivity contribution < 1.29 is 39.5 Å². The quantitative estimate of drug-likeness (QED) is 0.212. The molecule has 41 heavy (non-hydrogen) atoms. The number of Topliss-reactive ketones (excluding diaryl/α,β-unsaturated/α-hetero) is 1. The van der Waals surface area contributed by atoms with Crippen molar-refractivity contribution >= 4 is 37.0 Å². The van der Waals surface area contributed by atoms with Crippen LogP contribution >= 0.6 is 10.3 Å². The smallest absolute Gasteiger partial charge is 0.393 e. The summed E-state index contributed by atoms with van der Waals surface area (Å²) >= 11 is 0. The third-order valence-electron chi connectivity index (χ3n) is 11.0. The second-order valence-electron chi connectivity index (χ2n) is 13.0. The van der Waals surface area contributed by atoms with E-state index in [-0.39, 0.29) is 47.5 Å². The van der Waals surface area contributed by atoms with E-state index in [1.54, 1.807) is 24.3 Å². The Kier molecular flexibility index (Phi) is 6.44. The van der Waals surface area contributed by atoms with E-state index >= 15 is 17.6 Å². The van der Waals surface area contributed by atoms with E-state index in [1.165, 1.54) is 0 Å². The Bertz CT molecular complexity index is 1490. The molecule has 0 radical (unpaired) electrons. The molecular weight excluding hydrogens is 580 g/mol. The first-order valence-electron chi connectivity index (χ1n) is 14.5. The molecule has 8 unspecified atom stereocenters. The predicted molar refractivity (Wildman–Crippen MR) is 149 cm³/mol. The van der Waals surface area contributed by atoms with Gasteiger partial charge in [0.15, 0.2) is 5.78 Å². The number of rotatable bonds is 8. The molecule has 2 aromatic carbocycles. The molecule has 1 aliphatic heterocycles. The van der Waals surface area contributed by atoms with Gasteiger partial charge in [-0.1, -0.05) is 42.5 Å². The number of hydrogen-bond donors (Lipinski definition) is 1. The number of aliphatic hydroxyl groups is 1. The second-order valence-corrected chi connectivity index (χ2v) is 18.0. The molecule has 5 fully saturated rings. The zero-order valence-corrected chi connectivity index (χ0v) is 24.1. The molecule has 1 saturated heterocycles. The van der Waals surface area contributed by atoms with Crippen LogP contribution in [0.5, 0.6) is 0 Å². The first-order chi connectivity index (χ1) is 19.4. The highest BCUT2D eigenvalue weighted by Crippen LogP contribution is 2.72. The van der Waals surface area contributed by atoms with Gasteiger partial charge in [0.05, 0.1) is 11.9 Å². The van der Waals surface area contributed by atoms with Crippen molar-refractivity contribution in [1.82, 2.24) is 0 Å². The molecule has 0 spiro atoms. The number of ketones is 1. The highest BCUT2D eigenvalue weighted by atomic mass is 32.3. The maximum atomic E-state index is 15.8. The van der Waals surface area contributed by atoms with Gasteiger partial charge in [0, 0.05) is 23.0 Å². The second kappa shape index (κ2) is 9.40. The Balaban J connectivity index is 1.13. The zero-order valence-electron chi connectivity index (χ0n) is 22.4. The number of carbonyl (C=O) groups excluding carboxylic acids is 1. The Morgan fingerprint density at radius 3 is 2.29 bits per heavy atom. The minimum atomic E-state index is -6.06. The molecule has 0 amide bonds. The highest BCUT2D eigenvalue weighted by molar-refractivity contribution is 8.33. The minimum absolute atomic E-state index is 0.0290. The van der Waals surface area contributed by atoms with Gasteiger partial charge in [0.1, 0.15) is 0 Å². The maximum Gasteiger partial charge on any atom is 0.432 e. The fourth-order valence-corrected chi connectivity index (χ4v) is 15.1. The first kappa shape index (κ1) is 28.1. The van der Waals surface area contributed by atoms with Crippen molar-refractivity contribution in [3.05, 3.63) is 48.0 Å². The zero-order chi connectivity index (χ0) is 28.9. The fraction of sp³-hybridized carbons (Fsp3) is 0.633. The predicted octanol–water partition coefficient (Wildman–Crippen LogP) is 6.40. The Hall–Kier alpha value is -1.69. The summed E-state index contributed by atoms with van der Waals surface area (Å²) in [4.78, 5) is 13.4. The lowest BCUT2D eigenvalue weighted by atomic mass is 9.65. The summed E-state index contributed by atoms with van der Waals surface area (Å²) in [5.41, 5.74) is 0.326. The molecule has 1 heterocycles. The standard InChI is InChI=1S/C30H34F4O5S2/c31-29(32,24-14-18-12-22(24)27-19-13-23(28(18)27)25(35)15-19)30(33,34)41(37,38)39-40(10-3-4-11-40)16-26(36)21-9-5-7-17-6-1-2-8-20(17)21/h1-2,5-9,18-19,22-25,27-28,35H,3-4,10-16H2. The van der Waals surface area contributed by atoms with Gasteiger partial charge in [-0.15, -0.1) is 10.3 Å². The monoisotopic (exact) mass is 614 g/mol. The van der Waals surface area contributed by atoms with Crippen molar-refractivity contribution in [2.45, 2.75) is 55.8 Å². The molecular formula is C30H34F4O5S2. The number of aliphatic hydroxyl groups excluding tert-OH is 1. The van der Waals surface area contributed by atoms with Gasteiger partial charge in [-0.2, -0.15) is 26.0 Å². The topological polar surface area (TPSA) is 80.7 Å². The maximum absolute atomic E-state index is 15.8. The van der Waals surface area contributed by atoms with Gasteiger partial charge in [-0.05, 0) is 84.8 Å². The molecule has 5 nitrogen and oxygen atoms in total. The van der Waals surface area contributed by atoms with Crippen LogP contribution in [0.4, 0.5) is 17.6 Å². The van der Waals surface area contributed by atoms with E-state index in [2.05, 4.69) is 0 Å². The lowest BCUT2D eigenvalue weighted by Crippen LogP contribution is -2.55. The molecule has 7 rings (SSSR count). The van der Waals surface area contributed by atoms with Gasteiger partial charge < -0.3 is 5.11 Å². The lowest BCUT2D eigenvalue weighted by Gasteiger charge is -2.44. The number of benzene rings is 2. The van der Waals surface area contributed by atoms with Crippen LogP contribution in [0.25, 0.3) is 10.8 Å². The molecule has 5 aliphatic rings. The van der Waals surface area contributed by atoms with E-state index in [9.17, 15) is 18.3 Å². The van der Waals surface area contributed by atoms with Crippen LogP contribution in [0.1, 0.15) is 48.9 Å². The molecule has 11 heteroatoms. The molecule has 8 atom stereocenters. The van der Waals surface area contributed by atoms with Crippen molar-refractivity contribution in [2.24, 2.45) is 41.4 Å². The van der Waals surface area contributed by atoms with E-state index in [0.29, 0.717) is 36.6 Å². The first-order valence-corrected chi connectivity index (χ1v) is 18.0. The van der Waals surface area contributed by atoms with Gasteiger partial charge in [-0.3, -0.25) is 4.79 Å². The van der Waals surface area contributed by atoms with Gasteiger partial charge in [0.25, 0.3) is 0 Å². The Labute approximate surface area is 238 Å². The molecule has 4 saturated carbocycles. The number of fused-ring (bicyclic) bond motifs is 10. The van der Waals surface area contributed by atoms with E-state index in [0.717, 1.165) is 11.8 Å². The molecule has 4 aliphatic carbocycles. The Morgan fingerprint density at radius 1 is 0.902 bits per heavy atom. The minimum Gasteiger partial charge on any atom is -0.393 e. The van der Waals surface area contributed by atoms with Crippen LogP contribution in [0.3, 0.4) is 0 Å². The number of alkyl halides is 4. The summed E-state index contributed by atoms with van der Waals surface area (Å²) in [5.74, 6) is -8.17. The fourth-order valence-electron chi connectivity index (χ4n) is 9.45. The van der Waals surface area contributed by atoms with Crippen LogP contribution in [0, 0.1) is 41.4 Å². The van der Waals surface area contributed by atoms with E-state index < -0.39 is 61.1 Å². The molecule has 2 aromatic rings. The highest BCUT2D eigenvalue weighted by Gasteiger charge is 2.76. The van der Waals surface area contributed by atoms with Crippen LogP contribution in [-0.4, -0.2) is 53.8 Å². The normalized spacial score (nSPS) is 36.6. The molecule has 1 N–H and O–H groups in total. The summed E-state index contributed by atoms with van der Waals surface area (Å²) < 4.78 is 94.5. The summed E-state index contributed by atoms with van der Waals surface area (Å²) in [6.07, 6.45) is 1.92. The lowest BCUT2D eigenvalue weighted by molar-refractivity contribution is -0.210.